The highest BCUT2D eigenvalue weighted by Gasteiger charge is 2.26. The lowest BCUT2D eigenvalue weighted by molar-refractivity contribution is -0.136. The number of carbonyl (C=O) groups excluding carboxylic acids is 2. The second-order valence-electron chi connectivity index (χ2n) is 8.74. The van der Waals surface area contributed by atoms with Gasteiger partial charge < -0.3 is 19.2 Å². The molecule has 11 nitrogen and oxygen atoms in total. The van der Waals surface area contributed by atoms with Crippen LogP contribution in [-0.2, 0) is 32.7 Å². The fraction of sp³-hybridized carbons (Fsp3) is 0.138. The van der Waals surface area contributed by atoms with Crippen molar-refractivity contribution in [1.82, 2.24) is 9.73 Å². The van der Waals surface area contributed by atoms with Gasteiger partial charge in [0.25, 0.3) is 0 Å². The Bertz CT molecular complexity index is 1670. The molecule has 2 amide bonds. The number of hydrogen-bond donors (Lipinski definition) is 2. The van der Waals surface area contributed by atoms with E-state index in [0.29, 0.717) is 22.3 Å². The van der Waals surface area contributed by atoms with E-state index in [1.54, 1.807) is 66.7 Å². The van der Waals surface area contributed by atoms with Gasteiger partial charge in [-0.15, -0.1) is 0 Å². The van der Waals surface area contributed by atoms with E-state index in [1.807, 2.05) is 0 Å². The normalized spacial score (nSPS) is 11.4. The SMILES string of the molecule is COc1ccc(NC(=O)C(=O)N/N=C/c2ccc(CN(Cc3ccc(Cl)cc3)S(=O)(=O)c3ccccc3)o2)c(OC)c1. The molecule has 1 heterocycles. The van der Waals surface area contributed by atoms with Gasteiger partial charge in [-0.2, -0.15) is 9.41 Å². The van der Waals surface area contributed by atoms with Crippen molar-refractivity contribution in [2.75, 3.05) is 19.5 Å². The minimum absolute atomic E-state index is 0.0721. The molecule has 4 aromatic rings. The molecule has 0 fully saturated rings. The molecule has 2 N–H and O–H groups in total. The molecule has 0 atom stereocenters. The molecule has 0 bridgehead atoms. The third kappa shape index (κ3) is 7.75. The summed E-state index contributed by atoms with van der Waals surface area (Å²) in [5, 5.41) is 6.74. The zero-order chi connectivity index (χ0) is 30.1. The van der Waals surface area contributed by atoms with Crippen LogP contribution in [0.4, 0.5) is 5.69 Å². The van der Waals surface area contributed by atoms with Crippen molar-refractivity contribution >= 4 is 45.3 Å². The first-order valence-electron chi connectivity index (χ1n) is 12.4. The van der Waals surface area contributed by atoms with E-state index < -0.39 is 21.8 Å². The van der Waals surface area contributed by atoms with Crippen LogP contribution >= 0.6 is 11.6 Å². The van der Waals surface area contributed by atoms with Crippen LogP contribution in [0.1, 0.15) is 17.1 Å². The fourth-order valence-corrected chi connectivity index (χ4v) is 5.31. The van der Waals surface area contributed by atoms with Crippen molar-refractivity contribution in [2.24, 2.45) is 5.10 Å². The van der Waals surface area contributed by atoms with Crippen LogP contribution in [0.25, 0.3) is 0 Å². The van der Waals surface area contributed by atoms with Gasteiger partial charge in [0.2, 0.25) is 10.0 Å². The summed E-state index contributed by atoms with van der Waals surface area (Å²) >= 11 is 5.99. The number of hydrogen-bond acceptors (Lipinski definition) is 8. The summed E-state index contributed by atoms with van der Waals surface area (Å²) in [7, 11) is -0.974. The number of furan rings is 1. The number of methoxy groups -OCH3 is 2. The Morgan fingerprint density at radius 2 is 1.67 bits per heavy atom. The lowest BCUT2D eigenvalue weighted by Gasteiger charge is -2.21. The number of hydrazone groups is 1. The maximum Gasteiger partial charge on any atom is 0.329 e. The number of nitrogens with zero attached hydrogens (tertiary/aromatic N) is 2. The number of sulfonamides is 1. The molecule has 0 saturated heterocycles. The highest BCUT2D eigenvalue weighted by Crippen LogP contribution is 2.29. The molecule has 4 rings (SSSR count). The largest absolute Gasteiger partial charge is 0.497 e. The number of nitrogens with one attached hydrogen (secondary N) is 2. The highest BCUT2D eigenvalue weighted by molar-refractivity contribution is 7.89. The van der Waals surface area contributed by atoms with Crippen molar-refractivity contribution in [2.45, 2.75) is 18.0 Å². The van der Waals surface area contributed by atoms with Gasteiger partial charge in [-0.05, 0) is 54.1 Å². The van der Waals surface area contributed by atoms with Crippen LogP contribution in [0.5, 0.6) is 11.5 Å². The zero-order valence-corrected chi connectivity index (χ0v) is 24.2. The van der Waals surface area contributed by atoms with Crippen LogP contribution in [0.2, 0.25) is 5.02 Å². The van der Waals surface area contributed by atoms with Crippen LogP contribution in [-0.4, -0.2) is 45.0 Å². The first-order valence-corrected chi connectivity index (χ1v) is 14.3. The Balaban J connectivity index is 1.42. The second-order valence-corrected chi connectivity index (χ2v) is 11.1. The second kappa shape index (κ2) is 13.8. The Hall–Kier alpha value is -4.65. The summed E-state index contributed by atoms with van der Waals surface area (Å²) in [6.07, 6.45) is 1.19. The molecule has 218 valence electrons. The van der Waals surface area contributed by atoms with E-state index >= 15 is 0 Å². The van der Waals surface area contributed by atoms with E-state index in [-0.39, 0.29) is 29.4 Å². The predicted molar refractivity (Wildman–Crippen MR) is 157 cm³/mol. The number of halogens is 1. The van der Waals surface area contributed by atoms with Gasteiger partial charge >= 0.3 is 11.8 Å². The Morgan fingerprint density at radius 1 is 0.929 bits per heavy atom. The third-order valence-corrected chi connectivity index (χ3v) is 7.95. The molecule has 0 radical (unpaired) electrons. The summed E-state index contributed by atoms with van der Waals surface area (Å²) in [6, 6.07) is 22.8. The number of ether oxygens (including phenoxy) is 2. The maximum atomic E-state index is 13.5. The van der Waals surface area contributed by atoms with Crippen molar-refractivity contribution in [1.29, 1.82) is 0 Å². The molecule has 0 aliphatic carbocycles. The molecule has 1 aromatic heterocycles. The molecule has 0 spiro atoms. The standard InChI is InChI=1S/C29H27ClN4O7S/c1-39-22-14-15-26(27(16-22)40-2)32-28(35)29(36)33-31-17-23-12-13-24(41-23)19-34(18-20-8-10-21(30)11-9-20)42(37,38)25-6-4-3-5-7-25/h3-17H,18-19H2,1-2H3,(H,32,35)(H,33,36)/b31-17+. The van der Waals surface area contributed by atoms with Crippen molar-refractivity contribution in [3.8, 4) is 11.5 Å². The van der Waals surface area contributed by atoms with Gasteiger partial charge in [-0.3, -0.25) is 9.59 Å². The molecular weight excluding hydrogens is 584 g/mol. The number of amides is 2. The first kappa shape index (κ1) is 30.3. The lowest BCUT2D eigenvalue weighted by atomic mass is 10.2. The van der Waals surface area contributed by atoms with Gasteiger partial charge in [0.15, 0.2) is 0 Å². The summed E-state index contributed by atoms with van der Waals surface area (Å²) in [5.41, 5.74) is 3.13. The van der Waals surface area contributed by atoms with Gasteiger partial charge in [0, 0.05) is 17.6 Å². The van der Waals surface area contributed by atoms with Crippen molar-refractivity contribution in [3.05, 3.63) is 107 Å². The monoisotopic (exact) mass is 610 g/mol. The van der Waals surface area contributed by atoms with Crippen LogP contribution in [0.3, 0.4) is 0 Å². The van der Waals surface area contributed by atoms with E-state index in [2.05, 4.69) is 15.8 Å². The summed E-state index contributed by atoms with van der Waals surface area (Å²) in [4.78, 5) is 24.7. The molecule has 0 aliphatic rings. The number of carbonyl (C=O) groups is 2. The van der Waals surface area contributed by atoms with E-state index in [1.165, 1.54) is 42.9 Å². The van der Waals surface area contributed by atoms with Crippen LogP contribution in [0, 0.1) is 0 Å². The predicted octanol–water partition coefficient (Wildman–Crippen LogP) is 4.43. The van der Waals surface area contributed by atoms with Gasteiger partial charge in [-0.1, -0.05) is 41.9 Å². The van der Waals surface area contributed by atoms with E-state index in [0.717, 1.165) is 5.56 Å². The van der Waals surface area contributed by atoms with Crippen LogP contribution in [0.15, 0.2) is 99.3 Å². The first-order chi connectivity index (χ1) is 20.2. The van der Waals surface area contributed by atoms with Crippen LogP contribution < -0.4 is 20.2 Å². The summed E-state index contributed by atoms with van der Waals surface area (Å²) in [6.45, 7) is -0.00514. The molecule has 0 saturated carbocycles. The number of anilines is 1. The van der Waals surface area contributed by atoms with Gasteiger partial charge in [0.05, 0.1) is 37.6 Å². The van der Waals surface area contributed by atoms with Crippen molar-refractivity contribution in [3.63, 3.8) is 0 Å². The average molecular weight is 611 g/mol. The molecular formula is C29H27ClN4O7S. The molecule has 13 heteroatoms. The lowest BCUT2D eigenvalue weighted by Crippen LogP contribution is -2.32. The number of rotatable bonds is 11. The molecule has 0 aliphatic heterocycles. The van der Waals surface area contributed by atoms with E-state index in [4.69, 9.17) is 25.5 Å². The Morgan fingerprint density at radius 3 is 2.36 bits per heavy atom. The average Bonchev–Trinajstić information content (AvgIpc) is 3.45. The maximum absolute atomic E-state index is 13.5. The zero-order valence-electron chi connectivity index (χ0n) is 22.6. The Labute approximate surface area is 247 Å². The highest BCUT2D eigenvalue weighted by atomic mass is 35.5. The van der Waals surface area contributed by atoms with Crippen molar-refractivity contribution < 1.29 is 31.9 Å². The minimum atomic E-state index is -3.88. The summed E-state index contributed by atoms with van der Waals surface area (Å²) in [5.74, 6) is -0.616. The van der Waals surface area contributed by atoms with Gasteiger partial charge in [0.1, 0.15) is 23.0 Å². The smallest absolute Gasteiger partial charge is 0.329 e. The molecule has 3 aromatic carbocycles. The molecule has 0 unspecified atom stereocenters. The quantitative estimate of drug-likeness (QED) is 0.145. The minimum Gasteiger partial charge on any atom is -0.497 e. The van der Waals surface area contributed by atoms with Gasteiger partial charge in [-0.25, -0.2) is 13.8 Å². The topological polar surface area (TPSA) is 140 Å². The van der Waals surface area contributed by atoms with E-state index in [9.17, 15) is 18.0 Å². The number of benzene rings is 3. The summed E-state index contributed by atoms with van der Waals surface area (Å²) < 4.78 is 44.3. The Kier molecular flexibility index (Phi) is 9.97. The fourth-order valence-electron chi connectivity index (χ4n) is 3.77. The molecule has 42 heavy (non-hydrogen) atoms. The third-order valence-electron chi connectivity index (χ3n) is 5.89.